The number of carbonyl (C=O) groups excluding carboxylic acids is 2. The summed E-state index contributed by atoms with van der Waals surface area (Å²) < 4.78 is 38.6. The number of likely N-dealkylation sites (tertiary alicyclic amines) is 1. The third kappa shape index (κ3) is 6.68. The van der Waals surface area contributed by atoms with Crippen molar-refractivity contribution in [2.75, 3.05) is 37.6 Å². The van der Waals surface area contributed by atoms with Gasteiger partial charge in [-0.15, -0.1) is 0 Å². The minimum absolute atomic E-state index is 0.0210. The van der Waals surface area contributed by atoms with E-state index in [1.807, 2.05) is 0 Å². The van der Waals surface area contributed by atoms with E-state index >= 15 is 0 Å². The molecule has 0 saturated carbocycles. The molecule has 2 atom stereocenters. The first-order valence-electron chi connectivity index (χ1n) is 11.8. The van der Waals surface area contributed by atoms with E-state index < -0.39 is 17.6 Å². The summed E-state index contributed by atoms with van der Waals surface area (Å²) in [5.41, 5.74) is -1.04. The normalized spacial score (nSPS) is 21.4. The maximum Gasteiger partial charge on any atom is 0.416 e. The zero-order valence-electron chi connectivity index (χ0n) is 19.3. The Bertz CT molecular complexity index is 1020. The molecule has 188 valence electrons. The number of hydrogen-bond acceptors (Lipinski definition) is 6. The van der Waals surface area contributed by atoms with E-state index in [4.69, 9.17) is 0 Å². The van der Waals surface area contributed by atoms with Crippen LogP contribution >= 0.6 is 0 Å². The number of carbonyl (C=O) groups is 2. The zero-order chi connectivity index (χ0) is 24.8. The molecule has 2 fully saturated rings. The van der Waals surface area contributed by atoms with Gasteiger partial charge >= 0.3 is 6.18 Å². The van der Waals surface area contributed by atoms with E-state index in [1.54, 1.807) is 18.6 Å². The van der Waals surface area contributed by atoms with Crippen molar-refractivity contribution in [2.45, 2.75) is 43.9 Å². The molecule has 2 aliphatic rings. The molecule has 1 unspecified atom stereocenters. The highest BCUT2D eigenvalue weighted by Gasteiger charge is 2.32. The van der Waals surface area contributed by atoms with Gasteiger partial charge in [-0.3, -0.25) is 19.5 Å². The molecular formula is C24H29F3N6O2. The molecule has 0 aliphatic carbocycles. The van der Waals surface area contributed by atoms with Gasteiger partial charge in [0.25, 0.3) is 5.91 Å². The summed E-state index contributed by atoms with van der Waals surface area (Å²) in [6.45, 7) is 3.18. The van der Waals surface area contributed by atoms with Gasteiger partial charge in [-0.1, -0.05) is 6.07 Å². The fraction of sp³-hybridized carbons (Fsp3) is 0.500. The van der Waals surface area contributed by atoms with Crippen molar-refractivity contribution in [3.8, 4) is 0 Å². The highest BCUT2D eigenvalue weighted by atomic mass is 19.4. The minimum atomic E-state index is -4.53. The molecule has 2 aliphatic heterocycles. The maximum absolute atomic E-state index is 12.9. The van der Waals surface area contributed by atoms with Crippen LogP contribution in [0.5, 0.6) is 0 Å². The van der Waals surface area contributed by atoms with Crippen molar-refractivity contribution < 1.29 is 22.8 Å². The number of rotatable bonds is 6. The van der Waals surface area contributed by atoms with E-state index in [2.05, 4.69) is 30.4 Å². The van der Waals surface area contributed by atoms with Crippen molar-refractivity contribution in [3.05, 3.63) is 54.0 Å². The number of nitrogens with one attached hydrogen (secondary N) is 2. The predicted molar refractivity (Wildman–Crippen MR) is 124 cm³/mol. The summed E-state index contributed by atoms with van der Waals surface area (Å²) in [6.07, 6.45) is 4.57. The number of amides is 2. The lowest BCUT2D eigenvalue weighted by molar-refractivity contribution is -0.137. The Morgan fingerprint density at radius 3 is 2.71 bits per heavy atom. The van der Waals surface area contributed by atoms with Crippen molar-refractivity contribution in [1.82, 2.24) is 25.5 Å². The first kappa shape index (κ1) is 24.9. The van der Waals surface area contributed by atoms with E-state index in [0.717, 1.165) is 69.8 Å². The van der Waals surface area contributed by atoms with Crippen molar-refractivity contribution in [3.63, 3.8) is 0 Å². The number of alkyl halides is 3. The molecule has 1 aromatic carbocycles. The second kappa shape index (κ2) is 11.0. The topological polar surface area (TPSA) is 90.5 Å². The van der Waals surface area contributed by atoms with Gasteiger partial charge in [0.15, 0.2) is 0 Å². The van der Waals surface area contributed by atoms with Gasteiger partial charge in [0, 0.05) is 56.2 Å². The molecule has 4 rings (SSSR count). The SMILES string of the molecule is O=C(CNC(=O)c1cccc(C(F)(F)F)c1)N[C@@H]1CCN(C2CCCN(c3cnccn3)CC2)C1. The largest absolute Gasteiger partial charge is 0.416 e. The number of halogens is 3. The molecule has 0 bridgehead atoms. The molecule has 2 N–H and O–H groups in total. The van der Waals surface area contributed by atoms with E-state index in [-0.39, 0.29) is 24.1 Å². The lowest BCUT2D eigenvalue weighted by Gasteiger charge is -2.27. The average molecular weight is 491 g/mol. The van der Waals surface area contributed by atoms with Gasteiger partial charge in [0.2, 0.25) is 5.91 Å². The third-order valence-corrected chi connectivity index (χ3v) is 6.53. The number of hydrogen-bond donors (Lipinski definition) is 2. The molecule has 1 aromatic heterocycles. The number of anilines is 1. The van der Waals surface area contributed by atoms with Crippen molar-refractivity contribution in [2.24, 2.45) is 0 Å². The summed E-state index contributed by atoms with van der Waals surface area (Å²) in [5, 5.41) is 5.34. The highest BCUT2D eigenvalue weighted by Crippen LogP contribution is 2.29. The van der Waals surface area contributed by atoms with Gasteiger partial charge in [-0.25, -0.2) is 4.98 Å². The van der Waals surface area contributed by atoms with E-state index in [0.29, 0.717) is 6.04 Å². The van der Waals surface area contributed by atoms with Gasteiger partial charge in [-0.2, -0.15) is 13.2 Å². The molecular weight excluding hydrogens is 461 g/mol. The molecule has 3 heterocycles. The monoisotopic (exact) mass is 490 g/mol. The molecule has 8 nitrogen and oxygen atoms in total. The predicted octanol–water partition coefficient (Wildman–Crippen LogP) is 2.47. The van der Waals surface area contributed by atoms with Gasteiger partial charge in [0.05, 0.1) is 18.3 Å². The second-order valence-corrected chi connectivity index (χ2v) is 8.94. The van der Waals surface area contributed by atoms with Crippen LogP contribution in [-0.4, -0.2) is 71.5 Å². The molecule has 0 radical (unpaired) electrons. The minimum Gasteiger partial charge on any atom is -0.355 e. The molecule has 0 spiro atoms. The Balaban J connectivity index is 1.21. The summed E-state index contributed by atoms with van der Waals surface area (Å²) in [4.78, 5) is 37.8. The van der Waals surface area contributed by atoms with Gasteiger partial charge in [-0.05, 0) is 43.9 Å². The third-order valence-electron chi connectivity index (χ3n) is 6.53. The van der Waals surface area contributed by atoms with Crippen LogP contribution in [0.4, 0.5) is 19.0 Å². The van der Waals surface area contributed by atoms with E-state index in [9.17, 15) is 22.8 Å². The number of nitrogens with zero attached hydrogens (tertiary/aromatic N) is 4. The Morgan fingerprint density at radius 2 is 1.94 bits per heavy atom. The van der Waals surface area contributed by atoms with Crippen LogP contribution in [0.15, 0.2) is 42.9 Å². The Hall–Kier alpha value is -3.21. The smallest absolute Gasteiger partial charge is 0.355 e. The first-order valence-corrected chi connectivity index (χ1v) is 11.8. The number of aromatic nitrogens is 2. The summed E-state index contributed by atoms with van der Waals surface area (Å²) in [7, 11) is 0. The Morgan fingerprint density at radius 1 is 1.09 bits per heavy atom. The Kier molecular flexibility index (Phi) is 7.84. The first-order chi connectivity index (χ1) is 16.8. The van der Waals surface area contributed by atoms with E-state index in [1.165, 1.54) is 12.1 Å². The fourth-order valence-corrected chi connectivity index (χ4v) is 4.74. The average Bonchev–Trinajstić information content (AvgIpc) is 3.17. The maximum atomic E-state index is 12.9. The highest BCUT2D eigenvalue weighted by molar-refractivity contribution is 5.96. The molecule has 11 heteroatoms. The number of benzene rings is 1. The van der Waals surface area contributed by atoms with Crippen LogP contribution < -0.4 is 15.5 Å². The molecule has 2 amide bonds. The van der Waals surface area contributed by atoms with Crippen LogP contribution in [0.3, 0.4) is 0 Å². The van der Waals surface area contributed by atoms with Crippen LogP contribution in [0.25, 0.3) is 0 Å². The van der Waals surface area contributed by atoms with Gasteiger partial charge in [0.1, 0.15) is 5.82 Å². The van der Waals surface area contributed by atoms with Crippen molar-refractivity contribution in [1.29, 1.82) is 0 Å². The second-order valence-electron chi connectivity index (χ2n) is 8.94. The summed E-state index contributed by atoms with van der Waals surface area (Å²) in [5.74, 6) is -0.177. The Labute approximate surface area is 201 Å². The lowest BCUT2D eigenvalue weighted by atomic mass is 10.1. The van der Waals surface area contributed by atoms with Crippen LogP contribution in [-0.2, 0) is 11.0 Å². The lowest BCUT2D eigenvalue weighted by Crippen LogP contribution is -2.44. The quantitative estimate of drug-likeness (QED) is 0.647. The van der Waals surface area contributed by atoms with Crippen LogP contribution in [0.1, 0.15) is 41.6 Å². The molecule has 2 saturated heterocycles. The van der Waals surface area contributed by atoms with Crippen LogP contribution in [0, 0.1) is 0 Å². The molecule has 35 heavy (non-hydrogen) atoms. The van der Waals surface area contributed by atoms with Crippen molar-refractivity contribution >= 4 is 17.6 Å². The summed E-state index contributed by atoms with van der Waals surface area (Å²) in [6, 6.07) is 4.55. The zero-order valence-corrected chi connectivity index (χ0v) is 19.3. The van der Waals surface area contributed by atoms with Crippen LogP contribution in [0.2, 0.25) is 0 Å². The standard InChI is InChI=1S/C24H29F3N6O2/c25-24(26,27)18-4-1-3-17(13-18)23(35)30-15-22(34)31-19-6-11-33(16-19)20-5-2-10-32(12-7-20)21-14-28-8-9-29-21/h1,3-4,8-9,13-14,19-20H,2,5-7,10-12,15-16H2,(H,30,35)(H,31,34)/t19-,20?/m1/s1. The molecule has 2 aromatic rings. The van der Waals surface area contributed by atoms with Gasteiger partial charge < -0.3 is 15.5 Å². The fourth-order valence-electron chi connectivity index (χ4n) is 4.74. The summed E-state index contributed by atoms with van der Waals surface area (Å²) >= 11 is 0.